The third-order valence-electron chi connectivity index (χ3n) is 2.39. The van der Waals surface area contributed by atoms with E-state index in [1.165, 1.54) is 11.3 Å². The Kier molecular flexibility index (Phi) is 4.93. The summed E-state index contributed by atoms with van der Waals surface area (Å²) in [4.78, 5) is 13.7. The van der Waals surface area contributed by atoms with Gasteiger partial charge in [0.15, 0.2) is 5.69 Å². The molecule has 0 aromatic carbocycles. The van der Waals surface area contributed by atoms with Gasteiger partial charge < -0.3 is 14.9 Å². The minimum absolute atomic E-state index is 0.0679. The molecule has 0 saturated carbocycles. The fourth-order valence-electron chi connectivity index (χ4n) is 1.48. The second-order valence-electron chi connectivity index (χ2n) is 4.05. The fourth-order valence-corrected chi connectivity index (χ4v) is 2.30. The molecule has 20 heavy (non-hydrogen) atoms. The second-order valence-corrected chi connectivity index (χ2v) is 5.22. The minimum atomic E-state index is -0.261. The fraction of sp³-hybridized carbons (Fsp3) is 0.286. The minimum Gasteiger partial charge on any atom is -0.395 e. The molecule has 1 amide bonds. The van der Waals surface area contributed by atoms with Crippen molar-refractivity contribution in [2.24, 2.45) is 0 Å². The number of amides is 1. The molecule has 0 radical (unpaired) electrons. The van der Waals surface area contributed by atoms with Gasteiger partial charge in [0.1, 0.15) is 5.76 Å². The van der Waals surface area contributed by atoms with Crippen molar-refractivity contribution >= 4 is 17.2 Å². The number of nitrogens with one attached hydrogen (secondary N) is 1. The van der Waals surface area contributed by atoms with Crippen molar-refractivity contribution in [3.63, 3.8) is 0 Å². The summed E-state index contributed by atoms with van der Waals surface area (Å²) < 4.78 is 4.85. The average molecular weight is 290 g/mol. The van der Waals surface area contributed by atoms with E-state index >= 15 is 0 Å². The summed E-state index contributed by atoms with van der Waals surface area (Å²) in [5.74, 6) is 6.16. The molecule has 104 valence electrons. The molecule has 0 bridgehead atoms. The normalized spacial score (nSPS) is 9.90. The molecule has 0 saturated heterocycles. The van der Waals surface area contributed by atoms with Crippen molar-refractivity contribution in [2.45, 2.75) is 19.9 Å². The molecule has 0 unspecified atom stereocenters. The molecule has 6 heteroatoms. The summed E-state index contributed by atoms with van der Waals surface area (Å²) in [6.07, 6.45) is 0.468. The van der Waals surface area contributed by atoms with E-state index < -0.39 is 0 Å². The maximum absolute atomic E-state index is 11.8. The molecule has 0 aliphatic rings. The summed E-state index contributed by atoms with van der Waals surface area (Å²) in [7, 11) is 0. The van der Waals surface area contributed by atoms with Gasteiger partial charge in [0.25, 0.3) is 5.91 Å². The van der Waals surface area contributed by atoms with Gasteiger partial charge in [-0.1, -0.05) is 17.0 Å². The Morgan fingerprint density at radius 1 is 1.55 bits per heavy atom. The van der Waals surface area contributed by atoms with Gasteiger partial charge in [0, 0.05) is 17.4 Å². The first-order chi connectivity index (χ1) is 9.69. The van der Waals surface area contributed by atoms with Gasteiger partial charge in [-0.15, -0.1) is 11.3 Å². The van der Waals surface area contributed by atoms with E-state index in [9.17, 15) is 4.79 Å². The topological polar surface area (TPSA) is 75.4 Å². The Hall–Kier alpha value is -2.10. The summed E-state index contributed by atoms with van der Waals surface area (Å²) in [6.45, 7) is 2.23. The largest absolute Gasteiger partial charge is 0.395 e. The van der Waals surface area contributed by atoms with Crippen LogP contribution in [0.1, 0.15) is 32.4 Å². The molecule has 5 nitrogen and oxygen atoms in total. The highest BCUT2D eigenvalue weighted by atomic mass is 32.1. The molecule has 2 aromatic rings. The standard InChI is InChI=1S/C14H14N2O3S/c1-10-8-13(16-19-10)14(18)15-9-12-6-5-11(20-12)4-2-3-7-17/h5-6,8,17H,3,7,9H2,1H3,(H,15,18). The lowest BCUT2D eigenvalue weighted by Crippen LogP contribution is -2.22. The van der Waals surface area contributed by atoms with Crippen LogP contribution in [0.5, 0.6) is 0 Å². The first-order valence-electron chi connectivity index (χ1n) is 6.09. The lowest BCUT2D eigenvalue weighted by molar-refractivity contribution is 0.0942. The van der Waals surface area contributed by atoms with Crippen LogP contribution < -0.4 is 5.32 Å². The van der Waals surface area contributed by atoms with Gasteiger partial charge in [-0.05, 0) is 19.1 Å². The van der Waals surface area contributed by atoms with Crippen LogP contribution in [0.4, 0.5) is 0 Å². The highest BCUT2D eigenvalue weighted by molar-refractivity contribution is 7.12. The van der Waals surface area contributed by atoms with Crippen LogP contribution in [0.25, 0.3) is 0 Å². The molecule has 2 heterocycles. The van der Waals surface area contributed by atoms with E-state index in [0.717, 1.165) is 9.75 Å². The van der Waals surface area contributed by atoms with Gasteiger partial charge in [0.2, 0.25) is 0 Å². The van der Waals surface area contributed by atoms with Crippen molar-refractivity contribution in [3.05, 3.63) is 39.4 Å². The Balaban J connectivity index is 1.88. The number of hydrogen-bond donors (Lipinski definition) is 2. The molecule has 2 aromatic heterocycles. The Morgan fingerprint density at radius 2 is 2.40 bits per heavy atom. The molecular formula is C14H14N2O3S. The number of carbonyl (C=O) groups is 1. The zero-order valence-corrected chi connectivity index (χ0v) is 11.8. The van der Waals surface area contributed by atoms with Crippen molar-refractivity contribution in [3.8, 4) is 11.8 Å². The van der Waals surface area contributed by atoms with Crippen LogP contribution >= 0.6 is 11.3 Å². The van der Waals surface area contributed by atoms with E-state index in [0.29, 0.717) is 18.7 Å². The number of rotatable bonds is 4. The van der Waals surface area contributed by atoms with Gasteiger partial charge in [0.05, 0.1) is 18.0 Å². The zero-order valence-electron chi connectivity index (χ0n) is 11.0. The van der Waals surface area contributed by atoms with E-state index in [4.69, 9.17) is 9.63 Å². The zero-order chi connectivity index (χ0) is 14.4. The van der Waals surface area contributed by atoms with Crippen LogP contribution in [0.15, 0.2) is 22.7 Å². The predicted molar refractivity (Wildman–Crippen MR) is 75.3 cm³/mol. The molecule has 0 fully saturated rings. The molecule has 0 atom stereocenters. The molecule has 0 spiro atoms. The quantitative estimate of drug-likeness (QED) is 0.841. The van der Waals surface area contributed by atoms with Crippen LogP contribution in [0, 0.1) is 18.8 Å². The Bertz CT molecular complexity index is 649. The maximum Gasteiger partial charge on any atom is 0.273 e. The SMILES string of the molecule is Cc1cc(C(=O)NCc2ccc(C#CCCO)s2)no1. The number of aliphatic hydroxyl groups is 1. The first-order valence-corrected chi connectivity index (χ1v) is 6.90. The number of carbonyl (C=O) groups excluding carboxylic acids is 1. The van der Waals surface area contributed by atoms with Crippen LogP contribution in [-0.2, 0) is 6.54 Å². The van der Waals surface area contributed by atoms with Crippen molar-refractivity contribution in [1.82, 2.24) is 10.5 Å². The van der Waals surface area contributed by atoms with E-state index in [1.807, 2.05) is 12.1 Å². The number of aliphatic hydroxyl groups excluding tert-OH is 1. The summed E-state index contributed by atoms with van der Waals surface area (Å²) in [5.41, 5.74) is 0.280. The lowest BCUT2D eigenvalue weighted by Gasteiger charge is -1.99. The third-order valence-corrected chi connectivity index (χ3v) is 3.39. The second kappa shape index (κ2) is 6.89. The van der Waals surface area contributed by atoms with Gasteiger partial charge in [-0.2, -0.15) is 0 Å². The number of nitrogens with zero attached hydrogens (tertiary/aromatic N) is 1. The number of aryl methyl sites for hydroxylation is 1. The van der Waals surface area contributed by atoms with E-state index in [2.05, 4.69) is 22.3 Å². The predicted octanol–water partition coefficient (Wildman–Crippen LogP) is 1.71. The van der Waals surface area contributed by atoms with Crippen LogP contribution in [-0.4, -0.2) is 22.8 Å². The van der Waals surface area contributed by atoms with Crippen molar-refractivity contribution in [2.75, 3.05) is 6.61 Å². The highest BCUT2D eigenvalue weighted by Crippen LogP contribution is 2.15. The van der Waals surface area contributed by atoms with Crippen molar-refractivity contribution in [1.29, 1.82) is 0 Å². The molecule has 0 aliphatic heterocycles. The van der Waals surface area contributed by atoms with E-state index in [1.54, 1.807) is 13.0 Å². The Labute approximate surface area is 120 Å². The van der Waals surface area contributed by atoms with Gasteiger partial charge in [-0.3, -0.25) is 4.79 Å². The number of aromatic nitrogens is 1. The molecular weight excluding hydrogens is 276 g/mol. The molecule has 2 N–H and O–H groups in total. The maximum atomic E-state index is 11.8. The third kappa shape index (κ3) is 3.95. The summed E-state index contributed by atoms with van der Waals surface area (Å²) in [6, 6.07) is 5.41. The van der Waals surface area contributed by atoms with Crippen molar-refractivity contribution < 1.29 is 14.4 Å². The lowest BCUT2D eigenvalue weighted by atomic mass is 10.3. The molecule has 2 rings (SSSR count). The van der Waals surface area contributed by atoms with Gasteiger partial charge in [-0.25, -0.2) is 0 Å². The first kappa shape index (κ1) is 14.3. The summed E-state index contributed by atoms with van der Waals surface area (Å²) >= 11 is 1.51. The number of hydrogen-bond acceptors (Lipinski definition) is 5. The monoisotopic (exact) mass is 290 g/mol. The Morgan fingerprint density at radius 3 is 3.10 bits per heavy atom. The van der Waals surface area contributed by atoms with E-state index in [-0.39, 0.29) is 18.2 Å². The average Bonchev–Trinajstić information content (AvgIpc) is 3.05. The van der Waals surface area contributed by atoms with Crippen LogP contribution in [0.3, 0.4) is 0 Å². The van der Waals surface area contributed by atoms with Crippen LogP contribution in [0.2, 0.25) is 0 Å². The smallest absolute Gasteiger partial charge is 0.273 e. The summed E-state index contributed by atoms with van der Waals surface area (Å²) in [5, 5.41) is 15.1. The number of thiophene rings is 1. The molecule has 0 aliphatic carbocycles. The highest BCUT2D eigenvalue weighted by Gasteiger charge is 2.10. The van der Waals surface area contributed by atoms with Gasteiger partial charge >= 0.3 is 0 Å².